The Morgan fingerprint density at radius 3 is 2.67 bits per heavy atom. The summed E-state index contributed by atoms with van der Waals surface area (Å²) in [6, 6.07) is 0.498. The molecule has 0 saturated carbocycles. The van der Waals surface area contributed by atoms with E-state index in [-0.39, 0.29) is 11.9 Å². The van der Waals surface area contributed by atoms with Crippen molar-refractivity contribution >= 4 is 5.91 Å². The van der Waals surface area contributed by atoms with Crippen LogP contribution in [0.5, 0.6) is 0 Å². The van der Waals surface area contributed by atoms with Crippen molar-refractivity contribution in [3.63, 3.8) is 0 Å². The Labute approximate surface area is 111 Å². The van der Waals surface area contributed by atoms with Gasteiger partial charge in [-0.15, -0.1) is 0 Å². The molecule has 1 aliphatic rings. The summed E-state index contributed by atoms with van der Waals surface area (Å²) in [6.45, 7) is 12.3. The zero-order valence-corrected chi connectivity index (χ0v) is 12.3. The van der Waals surface area contributed by atoms with Crippen LogP contribution in [0.4, 0.5) is 0 Å². The molecular formula is C14H29N3O. The van der Waals surface area contributed by atoms with Gasteiger partial charge in [0.2, 0.25) is 5.91 Å². The standard InChI is InChI=1S/C14H29N3O/c1-5-8-17(13-6-7-15-10-13)12(4)14(18)16-9-11(2)3/h11-13,15H,5-10H2,1-4H3,(H,16,18). The third-order valence-corrected chi connectivity index (χ3v) is 3.55. The van der Waals surface area contributed by atoms with Crippen molar-refractivity contribution in [2.24, 2.45) is 5.92 Å². The van der Waals surface area contributed by atoms with Crippen molar-refractivity contribution in [1.29, 1.82) is 0 Å². The molecule has 0 radical (unpaired) electrons. The summed E-state index contributed by atoms with van der Waals surface area (Å²) < 4.78 is 0. The Hall–Kier alpha value is -0.610. The minimum atomic E-state index is -0.0198. The molecule has 1 amide bonds. The zero-order valence-electron chi connectivity index (χ0n) is 12.3. The van der Waals surface area contributed by atoms with Crippen LogP contribution in [0.2, 0.25) is 0 Å². The molecule has 4 heteroatoms. The Bertz CT molecular complexity index is 249. The zero-order chi connectivity index (χ0) is 13.5. The molecule has 1 heterocycles. The maximum atomic E-state index is 12.1. The molecule has 1 saturated heterocycles. The summed E-state index contributed by atoms with van der Waals surface area (Å²) in [5, 5.41) is 6.43. The molecular weight excluding hydrogens is 226 g/mol. The number of hydrogen-bond donors (Lipinski definition) is 2. The highest BCUT2D eigenvalue weighted by atomic mass is 16.2. The quantitative estimate of drug-likeness (QED) is 0.719. The number of rotatable bonds is 7. The summed E-state index contributed by atoms with van der Waals surface area (Å²) in [6.07, 6.45) is 2.25. The second kappa shape index (κ2) is 7.74. The smallest absolute Gasteiger partial charge is 0.237 e. The molecule has 1 fully saturated rings. The Kier molecular flexibility index (Phi) is 6.65. The summed E-state index contributed by atoms with van der Waals surface area (Å²) >= 11 is 0. The highest BCUT2D eigenvalue weighted by Crippen LogP contribution is 2.13. The Morgan fingerprint density at radius 1 is 1.44 bits per heavy atom. The lowest BCUT2D eigenvalue weighted by Gasteiger charge is -2.33. The lowest BCUT2D eigenvalue weighted by atomic mass is 10.1. The van der Waals surface area contributed by atoms with Crippen LogP contribution in [0, 0.1) is 5.92 Å². The average Bonchev–Trinajstić information content (AvgIpc) is 2.85. The molecule has 1 rings (SSSR count). The molecule has 2 unspecified atom stereocenters. The van der Waals surface area contributed by atoms with Gasteiger partial charge in [0, 0.05) is 19.1 Å². The summed E-state index contributed by atoms with van der Waals surface area (Å²) in [5.74, 6) is 0.679. The van der Waals surface area contributed by atoms with Crippen LogP contribution in [0.3, 0.4) is 0 Å². The van der Waals surface area contributed by atoms with E-state index in [4.69, 9.17) is 0 Å². The first-order valence-electron chi connectivity index (χ1n) is 7.30. The number of carbonyl (C=O) groups is 1. The Balaban J connectivity index is 2.52. The van der Waals surface area contributed by atoms with E-state index in [0.717, 1.165) is 39.0 Å². The fraction of sp³-hybridized carbons (Fsp3) is 0.929. The van der Waals surface area contributed by atoms with Crippen LogP contribution in [-0.4, -0.2) is 49.1 Å². The maximum Gasteiger partial charge on any atom is 0.237 e. The summed E-state index contributed by atoms with van der Waals surface area (Å²) in [4.78, 5) is 14.5. The van der Waals surface area contributed by atoms with E-state index in [1.807, 2.05) is 6.92 Å². The fourth-order valence-electron chi connectivity index (χ4n) is 2.48. The largest absolute Gasteiger partial charge is 0.354 e. The lowest BCUT2D eigenvalue weighted by Crippen LogP contribution is -2.51. The van der Waals surface area contributed by atoms with Crippen molar-refractivity contribution in [2.75, 3.05) is 26.2 Å². The second-order valence-electron chi connectivity index (χ2n) is 5.70. The van der Waals surface area contributed by atoms with Gasteiger partial charge in [0.1, 0.15) is 0 Å². The second-order valence-corrected chi connectivity index (χ2v) is 5.70. The minimum Gasteiger partial charge on any atom is -0.354 e. The fourth-order valence-corrected chi connectivity index (χ4v) is 2.48. The molecule has 0 aliphatic carbocycles. The average molecular weight is 255 g/mol. The van der Waals surface area contributed by atoms with Crippen LogP contribution in [-0.2, 0) is 4.79 Å². The van der Waals surface area contributed by atoms with E-state index in [9.17, 15) is 4.79 Å². The van der Waals surface area contributed by atoms with Gasteiger partial charge in [0.15, 0.2) is 0 Å². The molecule has 2 N–H and O–H groups in total. The molecule has 1 aliphatic heterocycles. The van der Waals surface area contributed by atoms with Crippen LogP contribution >= 0.6 is 0 Å². The molecule has 4 nitrogen and oxygen atoms in total. The first-order valence-corrected chi connectivity index (χ1v) is 7.30. The molecule has 0 bridgehead atoms. The van der Waals surface area contributed by atoms with Crippen LogP contribution in [0.15, 0.2) is 0 Å². The van der Waals surface area contributed by atoms with E-state index in [1.54, 1.807) is 0 Å². The van der Waals surface area contributed by atoms with Crippen molar-refractivity contribution in [1.82, 2.24) is 15.5 Å². The third-order valence-electron chi connectivity index (χ3n) is 3.55. The van der Waals surface area contributed by atoms with Crippen molar-refractivity contribution in [3.05, 3.63) is 0 Å². The summed E-state index contributed by atoms with van der Waals surface area (Å²) in [7, 11) is 0. The van der Waals surface area contributed by atoms with Gasteiger partial charge in [-0.05, 0) is 38.8 Å². The third kappa shape index (κ3) is 4.58. The van der Waals surface area contributed by atoms with Gasteiger partial charge in [0.25, 0.3) is 0 Å². The molecule has 0 aromatic heterocycles. The Morgan fingerprint density at radius 2 is 2.17 bits per heavy atom. The predicted molar refractivity (Wildman–Crippen MR) is 75.6 cm³/mol. The van der Waals surface area contributed by atoms with Crippen LogP contribution in [0.25, 0.3) is 0 Å². The van der Waals surface area contributed by atoms with Gasteiger partial charge in [-0.1, -0.05) is 20.8 Å². The van der Waals surface area contributed by atoms with E-state index in [1.165, 1.54) is 0 Å². The summed E-state index contributed by atoms with van der Waals surface area (Å²) in [5.41, 5.74) is 0. The van der Waals surface area contributed by atoms with Gasteiger partial charge in [-0.25, -0.2) is 0 Å². The van der Waals surface area contributed by atoms with Gasteiger partial charge in [-0.2, -0.15) is 0 Å². The molecule has 0 aromatic rings. The number of carbonyl (C=O) groups excluding carboxylic acids is 1. The normalized spacial score (nSPS) is 21.6. The van der Waals surface area contributed by atoms with E-state index < -0.39 is 0 Å². The predicted octanol–water partition coefficient (Wildman–Crippen LogP) is 1.22. The minimum absolute atomic E-state index is 0.0198. The van der Waals surface area contributed by atoms with E-state index in [0.29, 0.717) is 12.0 Å². The molecule has 18 heavy (non-hydrogen) atoms. The maximum absolute atomic E-state index is 12.1. The molecule has 106 valence electrons. The van der Waals surface area contributed by atoms with Crippen molar-refractivity contribution < 1.29 is 4.79 Å². The number of nitrogens with zero attached hydrogens (tertiary/aromatic N) is 1. The number of hydrogen-bond acceptors (Lipinski definition) is 3. The monoisotopic (exact) mass is 255 g/mol. The van der Waals surface area contributed by atoms with Crippen molar-refractivity contribution in [2.45, 2.75) is 52.6 Å². The topological polar surface area (TPSA) is 44.4 Å². The number of nitrogens with one attached hydrogen (secondary N) is 2. The van der Waals surface area contributed by atoms with E-state index >= 15 is 0 Å². The lowest BCUT2D eigenvalue weighted by molar-refractivity contribution is -0.126. The first-order chi connectivity index (χ1) is 8.56. The highest BCUT2D eigenvalue weighted by molar-refractivity contribution is 5.81. The van der Waals surface area contributed by atoms with Crippen LogP contribution < -0.4 is 10.6 Å². The van der Waals surface area contributed by atoms with Gasteiger partial charge in [-0.3, -0.25) is 9.69 Å². The van der Waals surface area contributed by atoms with Crippen LogP contribution in [0.1, 0.15) is 40.5 Å². The molecule has 2 atom stereocenters. The van der Waals surface area contributed by atoms with Gasteiger partial charge in [0.05, 0.1) is 6.04 Å². The molecule has 0 spiro atoms. The first kappa shape index (κ1) is 15.4. The number of amides is 1. The SMILES string of the molecule is CCCN(C1CCNC1)C(C)C(=O)NCC(C)C. The van der Waals surface area contributed by atoms with E-state index in [2.05, 4.69) is 36.3 Å². The van der Waals surface area contributed by atoms with Crippen molar-refractivity contribution in [3.8, 4) is 0 Å². The molecule has 0 aromatic carbocycles. The van der Waals surface area contributed by atoms with Gasteiger partial charge >= 0.3 is 0 Å². The van der Waals surface area contributed by atoms with Gasteiger partial charge < -0.3 is 10.6 Å². The highest BCUT2D eigenvalue weighted by Gasteiger charge is 2.29.